The Bertz CT molecular complexity index is 1150. The van der Waals surface area contributed by atoms with Gasteiger partial charge in [0.25, 0.3) is 5.91 Å². The first-order chi connectivity index (χ1) is 18.4. The Hall–Kier alpha value is -3.87. The van der Waals surface area contributed by atoms with Crippen molar-refractivity contribution in [2.45, 2.75) is 26.4 Å². The van der Waals surface area contributed by atoms with E-state index in [1.807, 2.05) is 19.9 Å². The van der Waals surface area contributed by atoms with E-state index in [2.05, 4.69) is 36.2 Å². The smallest absolute Gasteiger partial charge is 0.251 e. The minimum atomic E-state index is -0.294. The molecule has 0 bridgehead atoms. The van der Waals surface area contributed by atoms with Gasteiger partial charge in [-0.05, 0) is 49.7 Å². The number of anilines is 4. The second-order valence-corrected chi connectivity index (χ2v) is 8.56. The molecule has 0 saturated heterocycles. The molecule has 1 heterocycles. The SMILES string of the molecule is CC(C)Nc1nc(NCc2ccc(F)cc2)nc(Nc2cccc(C(=O)NCCOCCOCCN)c2)n1. The summed E-state index contributed by atoms with van der Waals surface area (Å²) in [5.41, 5.74) is 7.35. The van der Waals surface area contributed by atoms with Gasteiger partial charge in [-0.2, -0.15) is 15.0 Å². The Labute approximate surface area is 221 Å². The van der Waals surface area contributed by atoms with Crippen LogP contribution in [0.2, 0.25) is 0 Å². The van der Waals surface area contributed by atoms with E-state index in [1.165, 1.54) is 12.1 Å². The van der Waals surface area contributed by atoms with Gasteiger partial charge in [-0.15, -0.1) is 0 Å². The molecule has 0 aliphatic heterocycles. The Kier molecular flexibility index (Phi) is 11.6. The molecule has 38 heavy (non-hydrogen) atoms. The van der Waals surface area contributed by atoms with E-state index in [1.54, 1.807) is 30.3 Å². The molecule has 12 heteroatoms. The lowest BCUT2D eigenvalue weighted by atomic mass is 10.2. The lowest BCUT2D eigenvalue weighted by Crippen LogP contribution is -2.27. The number of carbonyl (C=O) groups excluding carboxylic acids is 1. The van der Waals surface area contributed by atoms with E-state index in [-0.39, 0.29) is 17.8 Å². The first-order valence-corrected chi connectivity index (χ1v) is 12.4. The first-order valence-electron chi connectivity index (χ1n) is 12.4. The van der Waals surface area contributed by atoms with Gasteiger partial charge in [-0.3, -0.25) is 4.79 Å². The highest BCUT2D eigenvalue weighted by Gasteiger charge is 2.10. The number of ether oxygens (including phenoxy) is 2. The summed E-state index contributed by atoms with van der Waals surface area (Å²) >= 11 is 0. The number of carbonyl (C=O) groups is 1. The fourth-order valence-corrected chi connectivity index (χ4v) is 3.23. The maximum Gasteiger partial charge on any atom is 0.251 e. The second-order valence-electron chi connectivity index (χ2n) is 8.56. The van der Waals surface area contributed by atoms with Crippen LogP contribution in [0, 0.1) is 5.82 Å². The number of rotatable bonds is 16. The third-order valence-corrected chi connectivity index (χ3v) is 4.96. The van der Waals surface area contributed by atoms with Crippen LogP contribution in [0.4, 0.5) is 27.9 Å². The van der Waals surface area contributed by atoms with Crippen LogP contribution in [0.3, 0.4) is 0 Å². The molecule has 1 aromatic heterocycles. The molecule has 3 rings (SSSR count). The summed E-state index contributed by atoms with van der Waals surface area (Å²) in [7, 11) is 0. The van der Waals surface area contributed by atoms with Crippen molar-refractivity contribution < 1.29 is 18.7 Å². The number of halogens is 1. The molecule has 0 fully saturated rings. The van der Waals surface area contributed by atoms with Gasteiger partial charge in [-0.1, -0.05) is 18.2 Å². The summed E-state index contributed by atoms with van der Waals surface area (Å²) in [4.78, 5) is 25.9. The first kappa shape index (κ1) is 28.7. The Morgan fingerprint density at radius 1 is 0.947 bits per heavy atom. The van der Waals surface area contributed by atoms with Crippen molar-refractivity contribution in [1.29, 1.82) is 0 Å². The van der Waals surface area contributed by atoms with E-state index < -0.39 is 0 Å². The Morgan fingerprint density at radius 2 is 1.66 bits per heavy atom. The van der Waals surface area contributed by atoms with Gasteiger partial charge in [0.05, 0.1) is 26.4 Å². The number of hydrogen-bond donors (Lipinski definition) is 5. The number of aromatic nitrogens is 3. The number of hydrogen-bond acceptors (Lipinski definition) is 10. The fourth-order valence-electron chi connectivity index (χ4n) is 3.23. The third-order valence-electron chi connectivity index (χ3n) is 4.96. The summed E-state index contributed by atoms with van der Waals surface area (Å²) in [6.45, 7) is 6.99. The fraction of sp³-hybridized carbons (Fsp3) is 0.385. The average Bonchev–Trinajstić information content (AvgIpc) is 2.89. The van der Waals surface area contributed by atoms with E-state index >= 15 is 0 Å². The molecule has 0 unspecified atom stereocenters. The molecular formula is C26H35FN8O3. The molecule has 11 nitrogen and oxygen atoms in total. The minimum Gasteiger partial charge on any atom is -0.378 e. The van der Waals surface area contributed by atoms with Gasteiger partial charge < -0.3 is 36.5 Å². The quantitative estimate of drug-likeness (QED) is 0.176. The van der Waals surface area contributed by atoms with Crippen LogP contribution in [0.15, 0.2) is 48.5 Å². The highest BCUT2D eigenvalue weighted by atomic mass is 19.1. The Balaban J connectivity index is 1.59. The maximum atomic E-state index is 13.2. The van der Waals surface area contributed by atoms with E-state index in [4.69, 9.17) is 15.2 Å². The number of nitrogens with two attached hydrogens (primary N) is 1. The maximum absolute atomic E-state index is 13.2. The van der Waals surface area contributed by atoms with Crippen LogP contribution in [0.5, 0.6) is 0 Å². The molecule has 204 valence electrons. The van der Waals surface area contributed by atoms with E-state index in [9.17, 15) is 9.18 Å². The van der Waals surface area contributed by atoms with E-state index in [0.29, 0.717) is 75.2 Å². The molecular weight excluding hydrogens is 491 g/mol. The number of amides is 1. The second kappa shape index (κ2) is 15.4. The van der Waals surface area contributed by atoms with Gasteiger partial charge in [0.1, 0.15) is 5.82 Å². The van der Waals surface area contributed by atoms with Crippen molar-refractivity contribution >= 4 is 29.4 Å². The lowest BCUT2D eigenvalue weighted by Gasteiger charge is -2.13. The van der Waals surface area contributed by atoms with Gasteiger partial charge in [-0.25, -0.2) is 4.39 Å². The lowest BCUT2D eigenvalue weighted by molar-refractivity contribution is 0.0511. The van der Waals surface area contributed by atoms with Crippen LogP contribution in [-0.2, 0) is 16.0 Å². The molecule has 3 aromatic rings. The standard InChI is InChI=1S/C26H35FN8O3/c1-18(2)31-25-33-24(30-17-19-6-8-21(27)9-7-19)34-26(35-25)32-22-5-3-4-20(16-22)23(36)29-11-13-38-15-14-37-12-10-28/h3-9,16,18H,10-15,17,28H2,1-2H3,(H,29,36)(H3,30,31,32,33,34,35). The molecule has 1 amide bonds. The molecule has 0 radical (unpaired) electrons. The van der Waals surface area contributed by atoms with Crippen LogP contribution >= 0.6 is 0 Å². The normalized spacial score (nSPS) is 10.9. The molecule has 0 spiro atoms. The third kappa shape index (κ3) is 10.2. The van der Waals surface area contributed by atoms with Crippen LogP contribution in [-0.4, -0.2) is 66.4 Å². The molecule has 0 aliphatic carbocycles. The zero-order chi connectivity index (χ0) is 27.2. The monoisotopic (exact) mass is 526 g/mol. The van der Waals surface area contributed by atoms with Gasteiger partial charge >= 0.3 is 0 Å². The summed E-state index contributed by atoms with van der Waals surface area (Å²) < 4.78 is 23.9. The summed E-state index contributed by atoms with van der Waals surface area (Å²) in [6.07, 6.45) is 0. The van der Waals surface area contributed by atoms with Crippen LogP contribution in [0.1, 0.15) is 29.8 Å². The molecule has 0 aliphatic rings. The summed E-state index contributed by atoms with van der Waals surface area (Å²) in [5.74, 6) is 0.514. The van der Waals surface area contributed by atoms with Crippen molar-refractivity contribution in [2.24, 2.45) is 5.73 Å². The van der Waals surface area contributed by atoms with Crippen molar-refractivity contribution in [1.82, 2.24) is 20.3 Å². The molecule has 2 aromatic carbocycles. The van der Waals surface area contributed by atoms with Crippen LogP contribution in [0.25, 0.3) is 0 Å². The van der Waals surface area contributed by atoms with Crippen LogP contribution < -0.4 is 27.0 Å². The highest BCUT2D eigenvalue weighted by Crippen LogP contribution is 2.18. The van der Waals surface area contributed by atoms with Gasteiger partial charge in [0.15, 0.2) is 0 Å². The highest BCUT2D eigenvalue weighted by molar-refractivity contribution is 5.95. The zero-order valence-electron chi connectivity index (χ0n) is 21.7. The van der Waals surface area contributed by atoms with Crippen molar-refractivity contribution in [3.8, 4) is 0 Å². The minimum absolute atomic E-state index is 0.102. The number of benzene rings is 2. The molecule has 6 N–H and O–H groups in total. The largest absolute Gasteiger partial charge is 0.378 e. The summed E-state index contributed by atoms with van der Waals surface area (Å²) in [5, 5.41) is 12.3. The van der Waals surface area contributed by atoms with Gasteiger partial charge in [0, 0.05) is 36.9 Å². The molecule has 0 saturated carbocycles. The topological polar surface area (TPSA) is 148 Å². The Morgan fingerprint density at radius 3 is 2.39 bits per heavy atom. The van der Waals surface area contributed by atoms with Crippen molar-refractivity contribution in [3.05, 3.63) is 65.5 Å². The predicted molar refractivity (Wildman–Crippen MR) is 145 cm³/mol. The summed E-state index contributed by atoms with van der Waals surface area (Å²) in [6, 6.07) is 13.3. The van der Waals surface area contributed by atoms with Gasteiger partial charge in [0.2, 0.25) is 17.8 Å². The zero-order valence-corrected chi connectivity index (χ0v) is 21.7. The average molecular weight is 527 g/mol. The number of nitrogens with one attached hydrogen (secondary N) is 4. The van der Waals surface area contributed by atoms with Crippen molar-refractivity contribution in [3.63, 3.8) is 0 Å². The van der Waals surface area contributed by atoms with Crippen molar-refractivity contribution in [2.75, 3.05) is 55.5 Å². The predicted octanol–water partition coefficient (Wildman–Crippen LogP) is 2.91. The number of nitrogens with zero attached hydrogens (tertiary/aromatic N) is 3. The molecule has 0 atom stereocenters. The van der Waals surface area contributed by atoms with E-state index in [0.717, 1.165) is 5.56 Å².